The van der Waals surface area contributed by atoms with Crippen LogP contribution in [0.3, 0.4) is 0 Å². The first kappa shape index (κ1) is 23.9. The number of hydrogen-bond acceptors (Lipinski definition) is 7. The molecule has 0 spiro atoms. The predicted molar refractivity (Wildman–Crippen MR) is 145 cm³/mol. The van der Waals surface area contributed by atoms with Crippen LogP contribution in [-0.2, 0) is 6.42 Å². The lowest BCUT2D eigenvalue weighted by Gasteiger charge is -2.30. The van der Waals surface area contributed by atoms with E-state index in [1.165, 1.54) is 23.0 Å². The van der Waals surface area contributed by atoms with Gasteiger partial charge in [-0.1, -0.05) is 47.7 Å². The highest BCUT2D eigenvalue weighted by molar-refractivity contribution is 7.07. The zero-order valence-corrected chi connectivity index (χ0v) is 21.5. The Labute approximate surface area is 221 Å². The topological polar surface area (TPSA) is 96.0 Å². The minimum Gasteiger partial charge on any atom is -0.497 e. The average Bonchev–Trinajstić information content (AvgIpc) is 3.26. The lowest BCUT2D eigenvalue weighted by Crippen LogP contribution is -2.38. The molecule has 2 heterocycles. The fourth-order valence-electron chi connectivity index (χ4n) is 5.21. The largest absolute Gasteiger partial charge is 0.497 e. The summed E-state index contributed by atoms with van der Waals surface area (Å²) in [4.78, 5) is 30.7. The van der Waals surface area contributed by atoms with Gasteiger partial charge in [0, 0.05) is 29.3 Å². The number of aryl methyl sites for hydroxylation is 1. The molecular weight excluding hydrogens is 502 g/mol. The molecule has 1 aromatic heterocycles. The molecular formula is C29H23N3O5S. The van der Waals surface area contributed by atoms with E-state index in [9.17, 15) is 14.9 Å². The summed E-state index contributed by atoms with van der Waals surface area (Å²) in [7, 11) is 3.15. The number of allylic oxidation sites excluding steroid dienone is 1. The molecule has 0 bridgehead atoms. The minimum atomic E-state index is -0.491. The van der Waals surface area contributed by atoms with Gasteiger partial charge < -0.3 is 9.47 Å². The van der Waals surface area contributed by atoms with E-state index >= 15 is 0 Å². The van der Waals surface area contributed by atoms with Gasteiger partial charge in [0.2, 0.25) is 0 Å². The van der Waals surface area contributed by atoms with Gasteiger partial charge in [-0.25, -0.2) is 4.99 Å². The van der Waals surface area contributed by atoms with Crippen LogP contribution in [0.2, 0.25) is 0 Å². The van der Waals surface area contributed by atoms with Gasteiger partial charge in [-0.3, -0.25) is 19.5 Å². The van der Waals surface area contributed by atoms with Crippen LogP contribution in [0.1, 0.15) is 34.7 Å². The maximum Gasteiger partial charge on any atom is 0.271 e. The predicted octanol–water partition coefficient (Wildman–Crippen LogP) is 4.24. The second kappa shape index (κ2) is 9.42. The zero-order valence-electron chi connectivity index (χ0n) is 20.7. The maximum absolute atomic E-state index is 13.9. The molecule has 3 aromatic carbocycles. The molecule has 2 aliphatic rings. The molecule has 0 saturated carbocycles. The molecule has 0 N–H and O–H groups in total. The van der Waals surface area contributed by atoms with Crippen LogP contribution in [-0.4, -0.2) is 23.7 Å². The van der Waals surface area contributed by atoms with E-state index in [1.807, 2.05) is 30.3 Å². The smallest absolute Gasteiger partial charge is 0.271 e. The monoisotopic (exact) mass is 525 g/mol. The molecule has 190 valence electrons. The number of benzene rings is 3. The third-order valence-electron chi connectivity index (χ3n) is 7.00. The van der Waals surface area contributed by atoms with E-state index in [4.69, 9.17) is 14.5 Å². The third kappa shape index (κ3) is 3.92. The summed E-state index contributed by atoms with van der Waals surface area (Å²) >= 11 is 1.30. The van der Waals surface area contributed by atoms with Crippen molar-refractivity contribution in [1.29, 1.82) is 0 Å². The number of ether oxygens (including phenoxy) is 2. The van der Waals surface area contributed by atoms with Crippen LogP contribution in [0.5, 0.6) is 11.5 Å². The molecule has 0 amide bonds. The summed E-state index contributed by atoms with van der Waals surface area (Å²) in [6, 6.07) is 19.6. The first-order valence-corrected chi connectivity index (χ1v) is 12.9. The van der Waals surface area contributed by atoms with Crippen molar-refractivity contribution in [3.8, 4) is 11.5 Å². The summed E-state index contributed by atoms with van der Waals surface area (Å²) in [5, 5.41) is 11.6. The lowest BCUT2D eigenvalue weighted by molar-refractivity contribution is -0.384. The molecule has 38 heavy (non-hydrogen) atoms. The highest BCUT2D eigenvalue weighted by Gasteiger charge is 2.33. The number of hydrogen-bond donors (Lipinski definition) is 0. The first-order valence-electron chi connectivity index (χ1n) is 12.1. The van der Waals surface area contributed by atoms with Crippen LogP contribution in [0, 0.1) is 10.1 Å². The molecule has 1 unspecified atom stereocenters. The van der Waals surface area contributed by atoms with E-state index < -0.39 is 11.0 Å². The van der Waals surface area contributed by atoms with Crippen molar-refractivity contribution in [3.05, 3.63) is 124 Å². The fraction of sp³-hybridized carbons (Fsp3) is 0.172. The Bertz CT molecular complexity index is 1820. The number of nitro benzene ring substituents is 1. The zero-order chi connectivity index (χ0) is 26.4. The van der Waals surface area contributed by atoms with E-state index in [2.05, 4.69) is 12.1 Å². The summed E-state index contributed by atoms with van der Waals surface area (Å²) in [6.07, 6.45) is 3.31. The van der Waals surface area contributed by atoms with Gasteiger partial charge in [-0.2, -0.15) is 0 Å². The fourth-order valence-corrected chi connectivity index (χ4v) is 6.20. The standard InChI is InChI=1S/C29H23N3O5S/c1-36-21-12-10-18(24(16-21)37-2)15-25-28(33)31-27(19-7-5-8-20(14-19)32(34)35)23-13-11-17-6-3-4-9-22(17)26(23)30-29(31)38-25/h3-10,12,14-16,27H,11,13H2,1-2H3. The van der Waals surface area contributed by atoms with Crippen molar-refractivity contribution in [2.75, 3.05) is 14.2 Å². The van der Waals surface area contributed by atoms with Crippen molar-refractivity contribution in [2.24, 2.45) is 4.99 Å². The molecule has 6 rings (SSSR count). The molecule has 1 aliphatic carbocycles. The van der Waals surface area contributed by atoms with Gasteiger partial charge in [0.25, 0.3) is 11.2 Å². The SMILES string of the molecule is COc1ccc(C=c2sc3n(c2=O)C(c2cccc([N+](=O)[O-])c2)C2=C(N=3)c3ccccc3CC2)c(OC)c1. The van der Waals surface area contributed by atoms with Crippen LogP contribution in [0.4, 0.5) is 5.69 Å². The summed E-state index contributed by atoms with van der Waals surface area (Å²) in [5.41, 5.74) is 5.30. The normalized spacial score (nSPS) is 16.3. The Balaban J connectivity index is 1.61. The van der Waals surface area contributed by atoms with Crippen LogP contribution in [0.15, 0.2) is 82.1 Å². The first-order chi connectivity index (χ1) is 18.5. The quantitative estimate of drug-likeness (QED) is 0.287. The highest BCUT2D eigenvalue weighted by Crippen LogP contribution is 2.41. The Kier molecular flexibility index (Phi) is 5.92. The molecule has 8 nitrogen and oxygen atoms in total. The molecule has 9 heteroatoms. The average molecular weight is 526 g/mol. The van der Waals surface area contributed by atoms with Crippen LogP contribution < -0.4 is 24.4 Å². The van der Waals surface area contributed by atoms with Crippen molar-refractivity contribution in [3.63, 3.8) is 0 Å². The van der Waals surface area contributed by atoms with Gasteiger partial charge in [-0.05, 0) is 47.8 Å². The van der Waals surface area contributed by atoms with Crippen LogP contribution in [0.25, 0.3) is 11.8 Å². The number of non-ortho nitro benzene ring substituents is 1. The van der Waals surface area contributed by atoms with Crippen molar-refractivity contribution in [1.82, 2.24) is 4.57 Å². The number of methoxy groups -OCH3 is 2. The number of thiazole rings is 1. The Morgan fingerprint density at radius 1 is 1.05 bits per heavy atom. The van der Waals surface area contributed by atoms with Crippen molar-refractivity contribution >= 4 is 28.8 Å². The van der Waals surface area contributed by atoms with Gasteiger partial charge >= 0.3 is 0 Å². The van der Waals surface area contributed by atoms with E-state index in [1.54, 1.807) is 43.1 Å². The van der Waals surface area contributed by atoms with Crippen molar-refractivity contribution < 1.29 is 14.4 Å². The molecule has 0 saturated heterocycles. The summed E-state index contributed by atoms with van der Waals surface area (Å²) < 4.78 is 13.0. The molecule has 1 aliphatic heterocycles. The number of nitro groups is 1. The van der Waals surface area contributed by atoms with Gasteiger partial charge in [0.15, 0.2) is 4.80 Å². The summed E-state index contributed by atoms with van der Waals surface area (Å²) in [6.45, 7) is 0. The maximum atomic E-state index is 13.9. The van der Waals surface area contributed by atoms with Crippen molar-refractivity contribution in [2.45, 2.75) is 18.9 Å². The molecule has 4 aromatic rings. The van der Waals surface area contributed by atoms with Crippen LogP contribution >= 0.6 is 11.3 Å². The molecule has 0 fully saturated rings. The Morgan fingerprint density at radius 3 is 2.68 bits per heavy atom. The Hall–Kier alpha value is -4.50. The molecule has 1 atom stereocenters. The number of nitrogens with zero attached hydrogens (tertiary/aromatic N) is 3. The second-order valence-electron chi connectivity index (χ2n) is 9.07. The van der Waals surface area contributed by atoms with Gasteiger partial charge in [0.05, 0.1) is 35.4 Å². The third-order valence-corrected chi connectivity index (χ3v) is 7.98. The highest BCUT2D eigenvalue weighted by atomic mass is 32.1. The second-order valence-corrected chi connectivity index (χ2v) is 10.1. The lowest BCUT2D eigenvalue weighted by atomic mass is 9.83. The number of rotatable bonds is 5. The molecule has 0 radical (unpaired) electrons. The van der Waals surface area contributed by atoms with Gasteiger partial charge in [-0.15, -0.1) is 0 Å². The van der Waals surface area contributed by atoms with E-state index in [0.29, 0.717) is 32.8 Å². The van der Waals surface area contributed by atoms with E-state index in [-0.39, 0.29) is 11.2 Å². The number of aromatic nitrogens is 1. The number of fused-ring (bicyclic) bond motifs is 3. The minimum absolute atomic E-state index is 0.0112. The summed E-state index contributed by atoms with van der Waals surface area (Å²) in [5.74, 6) is 1.23. The van der Waals surface area contributed by atoms with E-state index in [0.717, 1.165) is 28.8 Å². The Morgan fingerprint density at radius 2 is 1.89 bits per heavy atom. The van der Waals surface area contributed by atoms with Gasteiger partial charge in [0.1, 0.15) is 11.5 Å².